The zero-order chi connectivity index (χ0) is 13.0. The normalized spacial score (nSPS) is 27.9. The van der Waals surface area contributed by atoms with Crippen LogP contribution in [0, 0.1) is 5.41 Å². The van der Waals surface area contributed by atoms with Crippen LogP contribution in [0.15, 0.2) is 34.1 Å². The van der Waals surface area contributed by atoms with E-state index < -0.39 is 0 Å². The maximum Gasteiger partial charge on any atom is 0.305 e. The van der Waals surface area contributed by atoms with Crippen LogP contribution in [-0.2, 0) is 0 Å². The zero-order valence-electron chi connectivity index (χ0n) is 10.4. The van der Waals surface area contributed by atoms with Gasteiger partial charge in [-0.25, -0.2) is 0 Å². The van der Waals surface area contributed by atoms with Crippen molar-refractivity contribution in [2.45, 2.75) is 17.9 Å². The first kappa shape index (κ1) is 11.6. The Labute approximate surface area is 119 Å². The standard InChI is InChI=1S/C14H13NO2S2/c1-14-6-17-9-5-3-2-4-8(9)10(14)11-12(18-7-14)15-13(16)19-11/h2-5,10H,6-7H2,1H3,(H,15,16)/t10-,14-/m1/s1. The van der Waals surface area contributed by atoms with Crippen LogP contribution in [0.4, 0.5) is 0 Å². The molecule has 0 saturated heterocycles. The average molecular weight is 291 g/mol. The minimum absolute atomic E-state index is 0.0470. The molecule has 19 heavy (non-hydrogen) atoms. The number of fused-ring (bicyclic) bond motifs is 5. The van der Waals surface area contributed by atoms with Crippen LogP contribution >= 0.6 is 23.1 Å². The molecule has 2 aromatic rings. The van der Waals surface area contributed by atoms with Crippen LogP contribution < -0.4 is 9.61 Å². The molecular weight excluding hydrogens is 278 g/mol. The summed E-state index contributed by atoms with van der Waals surface area (Å²) in [6.45, 7) is 2.97. The number of hydrogen-bond donors (Lipinski definition) is 1. The number of rotatable bonds is 0. The van der Waals surface area contributed by atoms with Gasteiger partial charge in [-0.1, -0.05) is 36.5 Å². The van der Waals surface area contributed by atoms with Crippen LogP contribution in [0.3, 0.4) is 0 Å². The molecule has 3 heterocycles. The summed E-state index contributed by atoms with van der Waals surface area (Å²) in [5.74, 6) is 2.22. The Kier molecular flexibility index (Phi) is 2.38. The van der Waals surface area contributed by atoms with Crippen molar-refractivity contribution in [1.29, 1.82) is 0 Å². The van der Waals surface area contributed by atoms with Gasteiger partial charge in [0, 0.05) is 27.5 Å². The Balaban J connectivity index is 1.98. The van der Waals surface area contributed by atoms with Gasteiger partial charge in [0.2, 0.25) is 0 Å². The predicted octanol–water partition coefficient (Wildman–Crippen LogP) is 3.07. The molecule has 2 aliphatic rings. The molecule has 0 radical (unpaired) electrons. The third-order valence-corrected chi connectivity index (χ3v) is 6.43. The highest BCUT2D eigenvalue weighted by molar-refractivity contribution is 7.99. The van der Waals surface area contributed by atoms with E-state index in [0.29, 0.717) is 6.61 Å². The molecule has 0 unspecified atom stereocenters. The molecule has 98 valence electrons. The molecule has 0 amide bonds. The molecule has 1 aromatic carbocycles. The van der Waals surface area contributed by atoms with Gasteiger partial charge in [-0.05, 0) is 6.07 Å². The zero-order valence-corrected chi connectivity index (χ0v) is 12.1. The SMILES string of the molecule is C[C@]12COc3ccccc3[C@@H]1c1sc(=O)[nH]c1SC2. The molecule has 1 N–H and O–H groups in total. The molecule has 2 aliphatic heterocycles. The second-order valence-corrected chi connectivity index (χ2v) is 7.41. The Hall–Kier alpha value is -1.20. The molecule has 3 nitrogen and oxygen atoms in total. The van der Waals surface area contributed by atoms with E-state index in [0.717, 1.165) is 16.5 Å². The number of thiazole rings is 1. The third kappa shape index (κ3) is 1.61. The summed E-state index contributed by atoms with van der Waals surface area (Å²) in [7, 11) is 0. The molecule has 2 atom stereocenters. The van der Waals surface area contributed by atoms with E-state index >= 15 is 0 Å². The molecule has 0 bridgehead atoms. The maximum absolute atomic E-state index is 11.7. The van der Waals surface area contributed by atoms with Gasteiger partial charge in [-0.2, -0.15) is 0 Å². The minimum atomic E-state index is 0.0470. The topological polar surface area (TPSA) is 42.1 Å². The first-order valence-corrected chi connectivity index (χ1v) is 8.05. The van der Waals surface area contributed by atoms with Crippen LogP contribution in [0.5, 0.6) is 5.75 Å². The van der Waals surface area contributed by atoms with Gasteiger partial charge in [0.15, 0.2) is 0 Å². The molecule has 5 heteroatoms. The van der Waals surface area contributed by atoms with Crippen molar-refractivity contribution in [3.05, 3.63) is 44.4 Å². The lowest BCUT2D eigenvalue weighted by molar-refractivity contribution is 0.137. The van der Waals surface area contributed by atoms with E-state index in [1.165, 1.54) is 21.8 Å². The van der Waals surface area contributed by atoms with Crippen LogP contribution in [0.2, 0.25) is 0 Å². The van der Waals surface area contributed by atoms with Crippen molar-refractivity contribution >= 4 is 23.1 Å². The van der Waals surface area contributed by atoms with Crippen molar-refractivity contribution in [2.24, 2.45) is 5.41 Å². The van der Waals surface area contributed by atoms with Crippen molar-refractivity contribution < 1.29 is 4.74 Å². The molecule has 1 aromatic heterocycles. The number of thioether (sulfide) groups is 1. The molecule has 0 aliphatic carbocycles. The highest BCUT2D eigenvalue weighted by Gasteiger charge is 2.46. The lowest BCUT2D eigenvalue weighted by atomic mass is 9.72. The number of benzene rings is 1. The van der Waals surface area contributed by atoms with Crippen LogP contribution in [0.25, 0.3) is 0 Å². The Morgan fingerprint density at radius 2 is 2.26 bits per heavy atom. The largest absolute Gasteiger partial charge is 0.493 e. The number of aromatic nitrogens is 1. The van der Waals surface area contributed by atoms with Crippen molar-refractivity contribution in [2.75, 3.05) is 12.4 Å². The molecule has 0 saturated carbocycles. The average Bonchev–Trinajstić information content (AvgIpc) is 2.78. The molecule has 0 fully saturated rings. The van der Waals surface area contributed by atoms with E-state index in [-0.39, 0.29) is 16.2 Å². The molecule has 4 rings (SSSR count). The van der Waals surface area contributed by atoms with Crippen LogP contribution in [0.1, 0.15) is 23.3 Å². The lowest BCUT2D eigenvalue weighted by Gasteiger charge is -2.44. The van der Waals surface area contributed by atoms with E-state index in [2.05, 4.69) is 18.0 Å². The highest BCUT2D eigenvalue weighted by atomic mass is 32.2. The minimum Gasteiger partial charge on any atom is -0.493 e. The van der Waals surface area contributed by atoms with Gasteiger partial charge >= 0.3 is 4.87 Å². The van der Waals surface area contributed by atoms with E-state index in [1.807, 2.05) is 18.2 Å². The van der Waals surface area contributed by atoms with E-state index in [1.54, 1.807) is 11.8 Å². The number of para-hydroxylation sites is 1. The van der Waals surface area contributed by atoms with Gasteiger partial charge in [-0.15, -0.1) is 11.8 Å². The van der Waals surface area contributed by atoms with Crippen molar-refractivity contribution in [3.63, 3.8) is 0 Å². The van der Waals surface area contributed by atoms with E-state index in [9.17, 15) is 4.79 Å². The van der Waals surface area contributed by atoms with E-state index in [4.69, 9.17) is 4.74 Å². The Bertz CT molecular complexity index is 705. The first-order valence-electron chi connectivity index (χ1n) is 6.25. The summed E-state index contributed by atoms with van der Waals surface area (Å²) >= 11 is 3.09. The molecule has 0 spiro atoms. The molecular formula is C14H13NO2S2. The smallest absolute Gasteiger partial charge is 0.305 e. The number of nitrogens with one attached hydrogen (secondary N) is 1. The summed E-state index contributed by atoms with van der Waals surface area (Å²) < 4.78 is 5.92. The fraction of sp³-hybridized carbons (Fsp3) is 0.357. The third-order valence-electron chi connectivity index (χ3n) is 3.93. The summed E-state index contributed by atoms with van der Waals surface area (Å²) in [6, 6.07) is 8.19. The van der Waals surface area contributed by atoms with Gasteiger partial charge in [0.25, 0.3) is 0 Å². The van der Waals surface area contributed by atoms with Gasteiger partial charge in [0.05, 0.1) is 11.6 Å². The first-order chi connectivity index (χ1) is 9.17. The van der Waals surface area contributed by atoms with Crippen molar-refractivity contribution in [3.8, 4) is 5.75 Å². The second-order valence-electron chi connectivity index (χ2n) is 5.41. The Morgan fingerprint density at radius 1 is 1.42 bits per heavy atom. The maximum atomic E-state index is 11.7. The summed E-state index contributed by atoms with van der Waals surface area (Å²) in [5, 5.41) is 1.05. The second kappa shape index (κ2) is 3.90. The van der Waals surface area contributed by atoms with Crippen molar-refractivity contribution in [1.82, 2.24) is 4.98 Å². The predicted molar refractivity (Wildman–Crippen MR) is 77.6 cm³/mol. The summed E-state index contributed by atoms with van der Waals surface area (Å²) in [4.78, 5) is 15.9. The fourth-order valence-electron chi connectivity index (χ4n) is 2.99. The lowest BCUT2D eigenvalue weighted by Crippen LogP contribution is -2.40. The number of aromatic amines is 1. The van der Waals surface area contributed by atoms with Gasteiger partial charge < -0.3 is 9.72 Å². The summed E-state index contributed by atoms with van der Waals surface area (Å²) in [6.07, 6.45) is 0. The quantitative estimate of drug-likeness (QED) is 0.811. The van der Waals surface area contributed by atoms with Gasteiger partial charge in [0.1, 0.15) is 5.75 Å². The van der Waals surface area contributed by atoms with Crippen LogP contribution in [-0.4, -0.2) is 17.3 Å². The van der Waals surface area contributed by atoms with Gasteiger partial charge in [-0.3, -0.25) is 4.79 Å². The number of H-pyrrole nitrogens is 1. The Morgan fingerprint density at radius 3 is 3.16 bits per heavy atom. The number of ether oxygens (including phenoxy) is 1. The highest BCUT2D eigenvalue weighted by Crippen LogP contribution is 2.55. The monoisotopic (exact) mass is 291 g/mol. The number of hydrogen-bond acceptors (Lipinski definition) is 4. The summed E-state index contributed by atoms with van der Waals surface area (Å²) in [5.41, 5.74) is 1.28. The fourth-order valence-corrected chi connectivity index (χ4v) is 5.54.